The number of benzene rings is 1. The number of hydrogen-bond donors (Lipinski definition) is 1. The third-order valence-corrected chi connectivity index (χ3v) is 4.87. The predicted octanol–water partition coefficient (Wildman–Crippen LogP) is 4.71. The number of aryl methyl sites for hydroxylation is 3. The number of nitrogens with zero attached hydrogens (tertiary/aromatic N) is 3. The van der Waals surface area contributed by atoms with Gasteiger partial charge in [0.1, 0.15) is 5.52 Å². The van der Waals surface area contributed by atoms with Gasteiger partial charge in [-0.1, -0.05) is 18.5 Å². The lowest BCUT2D eigenvalue weighted by Crippen LogP contribution is -2.02. The van der Waals surface area contributed by atoms with Crippen molar-refractivity contribution in [2.45, 2.75) is 20.3 Å². The van der Waals surface area contributed by atoms with Gasteiger partial charge in [0.2, 0.25) is 0 Å². The van der Waals surface area contributed by atoms with Gasteiger partial charge in [0, 0.05) is 16.5 Å². The molecule has 21 heavy (non-hydrogen) atoms. The zero-order valence-electron chi connectivity index (χ0n) is 11.9. The monoisotopic (exact) mass is 384 g/mol. The smallest absolute Gasteiger partial charge is 0.184 e. The van der Waals surface area contributed by atoms with Crippen LogP contribution >= 0.6 is 39.7 Å². The zero-order valence-corrected chi connectivity index (χ0v) is 15.0. The molecule has 0 saturated carbocycles. The highest BCUT2D eigenvalue weighted by molar-refractivity contribution is 9.10. The molecule has 2 aromatic heterocycles. The maximum Gasteiger partial charge on any atom is 0.184 e. The van der Waals surface area contributed by atoms with Crippen LogP contribution in [0.3, 0.4) is 0 Å². The van der Waals surface area contributed by atoms with E-state index in [0.717, 1.165) is 39.0 Å². The van der Waals surface area contributed by atoms with Crippen molar-refractivity contribution in [3.8, 4) is 5.69 Å². The molecule has 1 N–H and O–H groups in total. The first-order valence-corrected chi connectivity index (χ1v) is 8.14. The van der Waals surface area contributed by atoms with E-state index in [-0.39, 0.29) is 0 Å². The first kappa shape index (κ1) is 14.8. The molecule has 4 nitrogen and oxygen atoms in total. The van der Waals surface area contributed by atoms with E-state index >= 15 is 0 Å². The quantitative estimate of drug-likeness (QED) is 0.649. The molecule has 0 unspecified atom stereocenters. The summed E-state index contributed by atoms with van der Waals surface area (Å²) in [5.74, 6) is 0. The second kappa shape index (κ2) is 5.26. The number of imidazole rings is 1. The number of aromatic amines is 1. The van der Waals surface area contributed by atoms with Gasteiger partial charge in [0.25, 0.3) is 0 Å². The molecule has 3 rings (SSSR count). The molecular weight excluding hydrogens is 372 g/mol. The van der Waals surface area contributed by atoms with Crippen LogP contribution in [0, 0.1) is 11.7 Å². The molecule has 0 aliphatic rings. The predicted molar refractivity (Wildman–Crippen MR) is 92.1 cm³/mol. The van der Waals surface area contributed by atoms with Crippen LogP contribution in [0.2, 0.25) is 5.02 Å². The molecule has 0 aliphatic heterocycles. The third kappa shape index (κ3) is 2.25. The minimum Gasteiger partial charge on any atom is -0.327 e. The molecule has 0 aliphatic carbocycles. The van der Waals surface area contributed by atoms with Gasteiger partial charge in [-0.3, -0.25) is 4.57 Å². The van der Waals surface area contributed by atoms with Gasteiger partial charge in [-0.25, -0.2) is 4.68 Å². The summed E-state index contributed by atoms with van der Waals surface area (Å²) in [6, 6.07) is 3.91. The summed E-state index contributed by atoms with van der Waals surface area (Å²) in [6.45, 7) is 4.05. The fraction of sp³-hybridized carbons (Fsp3) is 0.286. The van der Waals surface area contributed by atoms with Crippen molar-refractivity contribution in [1.82, 2.24) is 19.3 Å². The summed E-state index contributed by atoms with van der Waals surface area (Å²) >= 11 is 15.4. The van der Waals surface area contributed by atoms with Gasteiger partial charge in [0.05, 0.1) is 11.4 Å². The Morgan fingerprint density at radius 2 is 2.14 bits per heavy atom. The van der Waals surface area contributed by atoms with Crippen LogP contribution in [-0.2, 0) is 13.5 Å². The van der Waals surface area contributed by atoms with Gasteiger partial charge < -0.3 is 4.98 Å². The number of nitrogens with one attached hydrogen (secondary N) is 1. The molecule has 3 aromatic rings. The Bertz CT molecular complexity index is 906. The van der Waals surface area contributed by atoms with Crippen LogP contribution in [0.15, 0.2) is 16.6 Å². The molecule has 0 bridgehead atoms. The molecule has 0 spiro atoms. The van der Waals surface area contributed by atoms with E-state index in [9.17, 15) is 0 Å². The Hall–Kier alpha value is -1.11. The van der Waals surface area contributed by atoms with Gasteiger partial charge in [-0.15, -0.1) is 0 Å². The highest BCUT2D eigenvalue weighted by atomic mass is 79.9. The molecule has 0 atom stereocenters. The molecule has 1 aromatic carbocycles. The molecule has 0 amide bonds. The number of rotatable bonds is 2. The lowest BCUT2D eigenvalue weighted by molar-refractivity contribution is 0.748. The van der Waals surface area contributed by atoms with E-state index < -0.39 is 0 Å². The van der Waals surface area contributed by atoms with Crippen molar-refractivity contribution >= 4 is 50.9 Å². The van der Waals surface area contributed by atoms with Crippen molar-refractivity contribution in [2.75, 3.05) is 0 Å². The van der Waals surface area contributed by atoms with E-state index in [1.807, 2.05) is 35.4 Å². The van der Waals surface area contributed by atoms with Crippen molar-refractivity contribution in [2.24, 2.45) is 7.05 Å². The summed E-state index contributed by atoms with van der Waals surface area (Å²) < 4.78 is 5.39. The Morgan fingerprint density at radius 1 is 1.43 bits per heavy atom. The van der Waals surface area contributed by atoms with Crippen molar-refractivity contribution in [3.05, 3.63) is 37.7 Å². The maximum atomic E-state index is 6.28. The normalized spacial score (nSPS) is 11.5. The minimum absolute atomic E-state index is 0.633. The van der Waals surface area contributed by atoms with Crippen molar-refractivity contribution in [1.29, 1.82) is 0 Å². The van der Waals surface area contributed by atoms with E-state index in [0.29, 0.717) is 9.79 Å². The number of fused-ring (bicyclic) bond motifs is 1. The van der Waals surface area contributed by atoms with Gasteiger partial charge >= 0.3 is 0 Å². The molecule has 2 heterocycles. The number of aromatic nitrogens is 4. The van der Waals surface area contributed by atoms with Crippen LogP contribution in [0.5, 0.6) is 0 Å². The molecule has 110 valence electrons. The minimum atomic E-state index is 0.633. The van der Waals surface area contributed by atoms with Gasteiger partial charge in [0.15, 0.2) is 10.4 Å². The summed E-state index contributed by atoms with van der Waals surface area (Å²) in [4.78, 5) is 3.26. The van der Waals surface area contributed by atoms with E-state index in [4.69, 9.17) is 23.8 Å². The highest BCUT2D eigenvalue weighted by Gasteiger charge is 2.17. The summed E-state index contributed by atoms with van der Waals surface area (Å²) in [6.07, 6.45) is 0.850. The molecule has 7 heteroatoms. The lowest BCUT2D eigenvalue weighted by atomic mass is 10.2. The SMILES string of the molecule is CCc1nn(C)c2c1[nH]c(=S)n2-c1cc(Cl)c(C)cc1Br. The Balaban J connectivity index is 2.41. The topological polar surface area (TPSA) is 38.5 Å². The molecule has 0 fully saturated rings. The number of halogens is 2. The number of H-pyrrole nitrogens is 1. The average molecular weight is 386 g/mol. The van der Waals surface area contributed by atoms with Crippen LogP contribution in [0.1, 0.15) is 18.2 Å². The zero-order chi connectivity index (χ0) is 15.3. The highest BCUT2D eigenvalue weighted by Crippen LogP contribution is 2.31. The van der Waals surface area contributed by atoms with E-state index in [1.165, 1.54) is 0 Å². The van der Waals surface area contributed by atoms with Gasteiger partial charge in [-0.05, 0) is 59.2 Å². The molecule has 0 radical (unpaired) electrons. The Kier molecular flexibility index (Phi) is 3.71. The molecular formula is C14H14BrClN4S. The van der Waals surface area contributed by atoms with Gasteiger partial charge in [-0.2, -0.15) is 5.10 Å². The second-order valence-electron chi connectivity index (χ2n) is 4.94. The van der Waals surface area contributed by atoms with E-state index in [2.05, 4.69) is 32.9 Å². The Morgan fingerprint density at radius 3 is 2.81 bits per heavy atom. The first-order chi connectivity index (χ1) is 9.93. The van der Waals surface area contributed by atoms with Crippen molar-refractivity contribution < 1.29 is 0 Å². The third-order valence-electron chi connectivity index (χ3n) is 3.54. The van der Waals surface area contributed by atoms with Crippen LogP contribution in [0.4, 0.5) is 0 Å². The first-order valence-electron chi connectivity index (χ1n) is 6.56. The Labute approximate surface area is 140 Å². The van der Waals surface area contributed by atoms with Crippen LogP contribution < -0.4 is 0 Å². The summed E-state index contributed by atoms with van der Waals surface area (Å²) in [5, 5.41) is 5.25. The maximum absolute atomic E-state index is 6.28. The largest absolute Gasteiger partial charge is 0.327 e. The molecule has 0 saturated heterocycles. The second-order valence-corrected chi connectivity index (χ2v) is 6.59. The summed E-state index contributed by atoms with van der Waals surface area (Å²) in [7, 11) is 1.92. The van der Waals surface area contributed by atoms with E-state index in [1.54, 1.807) is 0 Å². The fourth-order valence-electron chi connectivity index (χ4n) is 2.49. The lowest BCUT2D eigenvalue weighted by Gasteiger charge is -2.10. The van der Waals surface area contributed by atoms with Crippen molar-refractivity contribution in [3.63, 3.8) is 0 Å². The fourth-order valence-corrected chi connectivity index (χ4v) is 3.57. The number of hydrogen-bond acceptors (Lipinski definition) is 2. The average Bonchev–Trinajstić information content (AvgIpc) is 2.91. The summed E-state index contributed by atoms with van der Waals surface area (Å²) in [5.41, 5.74) is 4.86. The van der Waals surface area contributed by atoms with Crippen LogP contribution in [-0.4, -0.2) is 19.3 Å². The van der Waals surface area contributed by atoms with Crippen LogP contribution in [0.25, 0.3) is 16.9 Å². The standard InChI is InChI=1S/C14H14BrClN4S/c1-4-10-12-13(19(3)18-10)20(14(21)17-12)11-6-9(16)7(2)5-8(11)15/h5-6H,4H2,1-3H3,(H,17,21).